The summed E-state index contributed by atoms with van der Waals surface area (Å²) in [5.74, 6) is -0.175. The van der Waals surface area contributed by atoms with Crippen molar-refractivity contribution in [3.8, 4) is 5.75 Å². The number of rotatable bonds is 12. The van der Waals surface area contributed by atoms with E-state index in [4.69, 9.17) is 0 Å². The van der Waals surface area contributed by atoms with Gasteiger partial charge in [-0.3, -0.25) is 24.8 Å². The Bertz CT molecular complexity index is 1470. The lowest BCUT2D eigenvalue weighted by atomic mass is 10.0. The molecule has 1 aliphatic heterocycles. The molecule has 0 radical (unpaired) electrons. The summed E-state index contributed by atoms with van der Waals surface area (Å²) >= 11 is 0. The molecule has 1 aromatic heterocycles. The number of likely N-dealkylation sites (tertiary alicyclic amines) is 1. The topological polar surface area (TPSA) is 127 Å². The molecule has 0 aliphatic carbocycles. The average Bonchev–Trinajstić information content (AvgIpc) is 3.49. The molecule has 10 heteroatoms. The third kappa shape index (κ3) is 8.57. The molecular formula is C34H44N6O4. The number of phenols is 1. The Kier molecular flexibility index (Phi) is 10.9. The number of aryl methyl sites for hydroxylation is 1. The van der Waals surface area contributed by atoms with Gasteiger partial charge in [0.25, 0.3) is 17.7 Å². The van der Waals surface area contributed by atoms with Gasteiger partial charge in [0.15, 0.2) is 0 Å². The Balaban J connectivity index is 1.29. The number of nitrogens with zero attached hydrogens (tertiary/aromatic N) is 3. The molecule has 10 nitrogen and oxygen atoms in total. The minimum absolute atomic E-state index is 0.139. The first kappa shape index (κ1) is 32.5. The van der Waals surface area contributed by atoms with Gasteiger partial charge in [0, 0.05) is 56.7 Å². The van der Waals surface area contributed by atoms with Gasteiger partial charge in [-0.2, -0.15) is 0 Å². The molecule has 1 aliphatic rings. The standard InChI is InChI=1S/C34H44N6O4/c1-22(2)28-16-25(19-35-21-28)20-36-29-14-13-24(17-31(29)41)12-11-23(3)37-32(42)26-8-6-9-27(18-26)34(44)40-15-7-10-30(40)33(43)38-39(4)5/h6,8-9,13-14,16-19,21-23,30,36,41H,7,10-12,15,20H2,1-5H3,(H,37,42)(H,38,43)/t23-,30+/m0/s1. The largest absolute Gasteiger partial charge is 0.506 e. The summed E-state index contributed by atoms with van der Waals surface area (Å²) < 4.78 is 0. The van der Waals surface area contributed by atoms with E-state index in [1.165, 1.54) is 5.56 Å². The van der Waals surface area contributed by atoms with Crippen molar-refractivity contribution < 1.29 is 19.5 Å². The van der Waals surface area contributed by atoms with Crippen LogP contribution >= 0.6 is 0 Å². The fraction of sp³-hybridized carbons (Fsp3) is 0.412. The van der Waals surface area contributed by atoms with E-state index in [0.29, 0.717) is 55.1 Å². The lowest BCUT2D eigenvalue weighted by molar-refractivity contribution is -0.128. The summed E-state index contributed by atoms with van der Waals surface area (Å²) in [4.78, 5) is 44.8. The van der Waals surface area contributed by atoms with Gasteiger partial charge >= 0.3 is 0 Å². The molecule has 234 valence electrons. The Hall–Kier alpha value is -4.44. The van der Waals surface area contributed by atoms with Crippen LogP contribution in [0.3, 0.4) is 0 Å². The molecule has 4 N–H and O–H groups in total. The lowest BCUT2D eigenvalue weighted by Crippen LogP contribution is -2.49. The van der Waals surface area contributed by atoms with Gasteiger partial charge in [0.1, 0.15) is 11.8 Å². The number of hydrogen-bond donors (Lipinski definition) is 4. The zero-order chi connectivity index (χ0) is 31.8. The van der Waals surface area contributed by atoms with Crippen LogP contribution in [0.1, 0.15) is 83.4 Å². The molecule has 0 saturated carbocycles. The number of anilines is 1. The summed E-state index contributed by atoms with van der Waals surface area (Å²) in [6.07, 6.45) is 6.38. The summed E-state index contributed by atoms with van der Waals surface area (Å²) in [6, 6.07) is 13.7. The Labute approximate surface area is 259 Å². The highest BCUT2D eigenvalue weighted by Crippen LogP contribution is 2.26. The number of carbonyl (C=O) groups is 3. The van der Waals surface area contributed by atoms with Crippen LogP contribution in [-0.4, -0.2) is 70.4 Å². The van der Waals surface area contributed by atoms with Crippen molar-refractivity contribution in [3.05, 3.63) is 88.7 Å². The third-order valence-electron chi connectivity index (χ3n) is 7.79. The van der Waals surface area contributed by atoms with Crippen molar-refractivity contribution in [2.24, 2.45) is 0 Å². The third-order valence-corrected chi connectivity index (χ3v) is 7.79. The highest BCUT2D eigenvalue weighted by atomic mass is 16.3. The van der Waals surface area contributed by atoms with Crippen molar-refractivity contribution in [1.82, 2.24) is 25.6 Å². The lowest BCUT2D eigenvalue weighted by Gasteiger charge is -2.25. The first-order valence-electron chi connectivity index (χ1n) is 15.2. The van der Waals surface area contributed by atoms with Crippen LogP contribution in [0.25, 0.3) is 0 Å². The second-order valence-electron chi connectivity index (χ2n) is 12.0. The smallest absolute Gasteiger partial charge is 0.257 e. The summed E-state index contributed by atoms with van der Waals surface area (Å²) in [7, 11) is 3.46. The van der Waals surface area contributed by atoms with E-state index >= 15 is 0 Å². The van der Waals surface area contributed by atoms with E-state index in [9.17, 15) is 19.5 Å². The van der Waals surface area contributed by atoms with Crippen LogP contribution in [0.2, 0.25) is 0 Å². The van der Waals surface area contributed by atoms with Crippen LogP contribution in [-0.2, 0) is 17.8 Å². The van der Waals surface area contributed by atoms with E-state index in [1.54, 1.807) is 54.3 Å². The predicted octanol–water partition coefficient (Wildman–Crippen LogP) is 4.47. The maximum atomic E-state index is 13.3. The van der Waals surface area contributed by atoms with E-state index in [2.05, 4.69) is 41.0 Å². The first-order valence-corrected chi connectivity index (χ1v) is 15.2. The van der Waals surface area contributed by atoms with Crippen molar-refractivity contribution in [2.75, 3.05) is 26.0 Å². The van der Waals surface area contributed by atoms with Gasteiger partial charge in [0.2, 0.25) is 0 Å². The van der Waals surface area contributed by atoms with E-state index in [-0.39, 0.29) is 29.5 Å². The van der Waals surface area contributed by atoms with Gasteiger partial charge in [-0.05, 0) is 85.5 Å². The molecule has 0 bridgehead atoms. The number of amides is 3. The van der Waals surface area contributed by atoms with E-state index < -0.39 is 6.04 Å². The Morgan fingerprint density at radius 3 is 2.52 bits per heavy atom. The Morgan fingerprint density at radius 1 is 1.02 bits per heavy atom. The fourth-order valence-corrected chi connectivity index (χ4v) is 5.30. The summed E-state index contributed by atoms with van der Waals surface area (Å²) in [5, 5.41) is 18.5. The SMILES string of the molecule is CC(C)c1cncc(CNc2ccc(CC[C@H](C)NC(=O)c3cccc(C(=O)N4CCC[C@@H]4C(=O)NN(C)C)c3)cc2O)c1. The van der Waals surface area contributed by atoms with Crippen LogP contribution in [0, 0.1) is 0 Å². The number of aromatic nitrogens is 1. The highest BCUT2D eigenvalue weighted by Gasteiger charge is 2.35. The number of phenolic OH excluding ortho intramolecular Hbond substituents is 1. The van der Waals surface area contributed by atoms with Gasteiger partial charge < -0.3 is 20.6 Å². The molecule has 3 aromatic rings. The maximum absolute atomic E-state index is 13.3. The number of hydrogen-bond acceptors (Lipinski definition) is 7. The molecule has 2 heterocycles. The predicted molar refractivity (Wildman–Crippen MR) is 171 cm³/mol. The van der Waals surface area contributed by atoms with E-state index in [1.807, 2.05) is 31.5 Å². The zero-order valence-electron chi connectivity index (χ0n) is 26.3. The van der Waals surface area contributed by atoms with Crippen molar-refractivity contribution in [3.63, 3.8) is 0 Å². The molecule has 1 fully saturated rings. The zero-order valence-corrected chi connectivity index (χ0v) is 26.3. The molecular weight excluding hydrogens is 556 g/mol. The molecule has 2 atom stereocenters. The minimum atomic E-state index is -0.536. The maximum Gasteiger partial charge on any atom is 0.257 e. The van der Waals surface area contributed by atoms with Gasteiger partial charge in [-0.1, -0.05) is 32.0 Å². The number of hydrazine groups is 1. The Morgan fingerprint density at radius 2 is 1.80 bits per heavy atom. The van der Waals surface area contributed by atoms with Crippen molar-refractivity contribution in [2.45, 2.75) is 71.0 Å². The molecule has 1 saturated heterocycles. The highest BCUT2D eigenvalue weighted by molar-refractivity contribution is 6.01. The van der Waals surface area contributed by atoms with E-state index in [0.717, 1.165) is 17.5 Å². The van der Waals surface area contributed by atoms with Gasteiger partial charge in [-0.15, -0.1) is 0 Å². The first-order chi connectivity index (χ1) is 21.0. The molecule has 0 spiro atoms. The average molecular weight is 601 g/mol. The number of benzene rings is 2. The van der Waals surface area contributed by atoms with Gasteiger partial charge in [-0.25, -0.2) is 5.01 Å². The quantitative estimate of drug-likeness (QED) is 0.178. The second-order valence-corrected chi connectivity index (χ2v) is 12.0. The molecule has 4 rings (SSSR count). The van der Waals surface area contributed by atoms with Crippen molar-refractivity contribution in [1.29, 1.82) is 0 Å². The number of nitrogens with one attached hydrogen (secondary N) is 3. The van der Waals surface area contributed by atoms with Crippen LogP contribution in [0.4, 0.5) is 5.69 Å². The molecule has 44 heavy (non-hydrogen) atoms. The molecule has 2 aromatic carbocycles. The van der Waals surface area contributed by atoms with Crippen LogP contribution < -0.4 is 16.1 Å². The summed E-state index contributed by atoms with van der Waals surface area (Å²) in [5.41, 5.74) is 7.34. The summed E-state index contributed by atoms with van der Waals surface area (Å²) in [6.45, 7) is 7.24. The molecule has 3 amide bonds. The number of carbonyl (C=O) groups excluding carboxylic acids is 3. The van der Waals surface area contributed by atoms with Gasteiger partial charge in [0.05, 0.1) is 5.69 Å². The molecule has 0 unspecified atom stereocenters. The van der Waals surface area contributed by atoms with Crippen LogP contribution in [0.5, 0.6) is 5.75 Å². The van der Waals surface area contributed by atoms with Crippen LogP contribution in [0.15, 0.2) is 60.9 Å². The number of aromatic hydroxyl groups is 1. The van der Waals surface area contributed by atoms with Crippen molar-refractivity contribution >= 4 is 23.4 Å². The number of pyridine rings is 1. The second kappa shape index (κ2) is 14.8. The normalized spacial score (nSPS) is 15.3. The fourth-order valence-electron chi connectivity index (χ4n) is 5.30. The minimum Gasteiger partial charge on any atom is -0.506 e. The monoisotopic (exact) mass is 600 g/mol.